The summed E-state index contributed by atoms with van der Waals surface area (Å²) in [4.78, 5) is 24.8. The molecule has 0 saturated heterocycles. The predicted octanol–water partition coefficient (Wildman–Crippen LogP) is 2.90. The number of nitrogens with zero attached hydrogens (tertiary/aromatic N) is 1. The molecule has 1 heterocycles. The number of hydrazine groups is 1. The first-order valence-corrected chi connectivity index (χ1v) is 12.6. The maximum atomic E-state index is 12.5. The summed E-state index contributed by atoms with van der Waals surface area (Å²) in [5, 5.41) is 0. The van der Waals surface area contributed by atoms with E-state index in [0.29, 0.717) is 23.4 Å². The second-order valence-electron chi connectivity index (χ2n) is 8.11. The van der Waals surface area contributed by atoms with Gasteiger partial charge in [0.25, 0.3) is 11.8 Å². The number of benzene rings is 3. The van der Waals surface area contributed by atoms with Crippen molar-refractivity contribution < 1.29 is 22.7 Å². The van der Waals surface area contributed by atoms with Crippen LogP contribution in [0.1, 0.15) is 22.8 Å². The summed E-state index contributed by atoms with van der Waals surface area (Å²) in [5.74, 6) is -0.473. The summed E-state index contributed by atoms with van der Waals surface area (Å²) in [5.41, 5.74) is 8.20. The van der Waals surface area contributed by atoms with E-state index >= 15 is 0 Å². The van der Waals surface area contributed by atoms with Gasteiger partial charge in [0, 0.05) is 17.2 Å². The van der Waals surface area contributed by atoms with E-state index in [0.717, 1.165) is 22.9 Å². The average Bonchev–Trinajstić information content (AvgIpc) is 3.17. The Labute approximate surface area is 198 Å². The Bertz CT molecular complexity index is 1330. The summed E-state index contributed by atoms with van der Waals surface area (Å²) < 4.78 is 31.2. The number of para-hydroxylation sites is 1. The number of hydrogen-bond acceptors (Lipinski definition) is 5. The minimum Gasteiger partial charge on any atom is -0.483 e. The molecule has 2 N–H and O–H groups in total. The lowest BCUT2D eigenvalue weighted by Gasteiger charge is -2.21. The van der Waals surface area contributed by atoms with E-state index in [1.807, 2.05) is 55.5 Å². The van der Waals surface area contributed by atoms with Gasteiger partial charge < -0.3 is 4.74 Å². The van der Waals surface area contributed by atoms with Crippen molar-refractivity contribution in [1.82, 2.24) is 10.9 Å². The van der Waals surface area contributed by atoms with Crippen LogP contribution < -0.4 is 19.9 Å². The van der Waals surface area contributed by atoms with E-state index in [1.54, 1.807) is 18.2 Å². The zero-order valence-corrected chi connectivity index (χ0v) is 19.6. The van der Waals surface area contributed by atoms with Gasteiger partial charge in [0.15, 0.2) is 6.61 Å². The number of fused-ring (bicyclic) bond motifs is 1. The molecule has 1 aliphatic heterocycles. The minimum absolute atomic E-state index is 0.223. The van der Waals surface area contributed by atoms with Crippen molar-refractivity contribution in [2.75, 3.05) is 17.2 Å². The van der Waals surface area contributed by atoms with Crippen molar-refractivity contribution in [3.63, 3.8) is 0 Å². The number of ether oxygens (including phenoxy) is 1. The Morgan fingerprint density at radius 3 is 2.44 bits per heavy atom. The Balaban J connectivity index is 1.35. The molecule has 0 saturated carbocycles. The standard InChI is InChI=1S/C25H25N3O5S/c1-17-14-20-15-19(12-13-22(20)28(17)34(2,31)32)25(30)27-26-24(29)16-33-23-11-7-6-10-21(23)18-8-4-3-5-9-18/h3-13,15,17H,14,16H2,1-2H3,(H,26,29)(H,27,30). The second kappa shape index (κ2) is 9.56. The monoisotopic (exact) mass is 479 g/mol. The maximum Gasteiger partial charge on any atom is 0.276 e. The van der Waals surface area contributed by atoms with Crippen LogP contribution in [0.5, 0.6) is 5.75 Å². The molecule has 3 aromatic carbocycles. The van der Waals surface area contributed by atoms with Gasteiger partial charge in [-0.15, -0.1) is 0 Å². The molecule has 3 aromatic rings. The SMILES string of the molecule is CC1Cc2cc(C(=O)NNC(=O)COc3ccccc3-c3ccccc3)ccc2N1S(C)(=O)=O. The van der Waals surface area contributed by atoms with Gasteiger partial charge in [0.05, 0.1) is 11.9 Å². The van der Waals surface area contributed by atoms with Crippen molar-refractivity contribution in [2.45, 2.75) is 19.4 Å². The summed E-state index contributed by atoms with van der Waals surface area (Å²) in [6, 6.07) is 21.6. The molecule has 4 rings (SSSR count). The van der Waals surface area contributed by atoms with E-state index < -0.39 is 21.8 Å². The number of nitrogens with one attached hydrogen (secondary N) is 2. The number of hydrogen-bond donors (Lipinski definition) is 2. The molecule has 0 radical (unpaired) electrons. The fraction of sp³-hybridized carbons (Fsp3) is 0.200. The molecule has 1 atom stereocenters. The first kappa shape index (κ1) is 23.3. The van der Waals surface area contributed by atoms with E-state index in [1.165, 1.54) is 10.4 Å². The lowest BCUT2D eigenvalue weighted by Crippen LogP contribution is -2.43. The predicted molar refractivity (Wildman–Crippen MR) is 130 cm³/mol. The summed E-state index contributed by atoms with van der Waals surface area (Å²) in [6.45, 7) is 1.53. The number of carbonyl (C=O) groups is 2. The Kier molecular flexibility index (Phi) is 6.56. The van der Waals surface area contributed by atoms with Gasteiger partial charge in [-0.3, -0.25) is 24.7 Å². The van der Waals surface area contributed by atoms with Crippen molar-refractivity contribution in [3.05, 3.63) is 83.9 Å². The van der Waals surface area contributed by atoms with Gasteiger partial charge >= 0.3 is 0 Å². The molecule has 8 nitrogen and oxygen atoms in total. The molecule has 34 heavy (non-hydrogen) atoms. The van der Waals surface area contributed by atoms with Crippen LogP contribution in [-0.2, 0) is 21.2 Å². The van der Waals surface area contributed by atoms with E-state index in [9.17, 15) is 18.0 Å². The van der Waals surface area contributed by atoms with E-state index in [4.69, 9.17) is 4.74 Å². The Morgan fingerprint density at radius 1 is 1.00 bits per heavy atom. The molecule has 2 amide bonds. The summed E-state index contributed by atoms with van der Waals surface area (Å²) >= 11 is 0. The van der Waals surface area contributed by atoms with Crippen LogP contribution in [-0.4, -0.2) is 39.1 Å². The van der Waals surface area contributed by atoms with Crippen LogP contribution in [0, 0.1) is 0 Å². The van der Waals surface area contributed by atoms with Crippen LogP contribution in [0.3, 0.4) is 0 Å². The van der Waals surface area contributed by atoms with Gasteiger partial charge in [0.1, 0.15) is 5.75 Å². The Hall–Kier alpha value is -3.85. The average molecular weight is 480 g/mol. The van der Waals surface area contributed by atoms with Gasteiger partial charge in [-0.1, -0.05) is 48.5 Å². The first-order valence-electron chi connectivity index (χ1n) is 10.7. The number of sulfonamides is 1. The van der Waals surface area contributed by atoms with Gasteiger partial charge in [0.2, 0.25) is 10.0 Å². The smallest absolute Gasteiger partial charge is 0.276 e. The number of anilines is 1. The topological polar surface area (TPSA) is 105 Å². The zero-order chi connectivity index (χ0) is 24.3. The highest BCUT2D eigenvalue weighted by Crippen LogP contribution is 2.34. The lowest BCUT2D eigenvalue weighted by molar-refractivity contribution is -0.123. The van der Waals surface area contributed by atoms with Crippen LogP contribution in [0.25, 0.3) is 11.1 Å². The summed E-state index contributed by atoms with van der Waals surface area (Å²) in [6.07, 6.45) is 1.67. The number of rotatable bonds is 6. The summed E-state index contributed by atoms with van der Waals surface area (Å²) in [7, 11) is -3.41. The van der Waals surface area contributed by atoms with Gasteiger partial charge in [-0.25, -0.2) is 8.42 Å². The molecular weight excluding hydrogens is 454 g/mol. The molecule has 0 aliphatic carbocycles. The van der Waals surface area contributed by atoms with Gasteiger partial charge in [-0.05, 0) is 48.7 Å². The third kappa shape index (κ3) is 5.04. The van der Waals surface area contributed by atoms with Crippen molar-refractivity contribution in [1.29, 1.82) is 0 Å². The molecule has 0 spiro atoms. The number of carbonyl (C=O) groups excluding carboxylic acids is 2. The fourth-order valence-corrected chi connectivity index (χ4v) is 5.34. The molecular formula is C25H25N3O5S. The van der Waals surface area contributed by atoms with Crippen molar-refractivity contribution >= 4 is 27.5 Å². The maximum absolute atomic E-state index is 12.5. The highest BCUT2D eigenvalue weighted by atomic mass is 32.2. The molecule has 0 aromatic heterocycles. The van der Waals surface area contributed by atoms with Crippen LogP contribution in [0.4, 0.5) is 5.69 Å². The largest absolute Gasteiger partial charge is 0.483 e. The molecule has 1 unspecified atom stereocenters. The van der Waals surface area contributed by atoms with E-state index in [2.05, 4.69) is 10.9 Å². The number of amides is 2. The van der Waals surface area contributed by atoms with Crippen LogP contribution >= 0.6 is 0 Å². The zero-order valence-electron chi connectivity index (χ0n) is 18.8. The van der Waals surface area contributed by atoms with Crippen LogP contribution in [0.15, 0.2) is 72.8 Å². The van der Waals surface area contributed by atoms with E-state index in [-0.39, 0.29) is 12.6 Å². The highest BCUT2D eigenvalue weighted by Gasteiger charge is 2.32. The molecule has 0 bridgehead atoms. The second-order valence-corrected chi connectivity index (χ2v) is 9.97. The first-order chi connectivity index (χ1) is 16.2. The fourth-order valence-electron chi connectivity index (χ4n) is 4.08. The molecule has 0 fully saturated rings. The molecule has 1 aliphatic rings. The molecule has 9 heteroatoms. The van der Waals surface area contributed by atoms with Crippen molar-refractivity contribution in [2.24, 2.45) is 0 Å². The van der Waals surface area contributed by atoms with Gasteiger partial charge in [-0.2, -0.15) is 0 Å². The quantitative estimate of drug-likeness (QED) is 0.529. The molecule has 176 valence electrons. The Morgan fingerprint density at radius 2 is 1.71 bits per heavy atom. The minimum atomic E-state index is -3.41. The highest BCUT2D eigenvalue weighted by molar-refractivity contribution is 7.92. The third-order valence-electron chi connectivity index (χ3n) is 5.50. The van der Waals surface area contributed by atoms with Crippen molar-refractivity contribution in [3.8, 4) is 16.9 Å². The van der Waals surface area contributed by atoms with Crippen LogP contribution in [0.2, 0.25) is 0 Å². The normalized spacial score (nSPS) is 14.9. The third-order valence-corrected chi connectivity index (χ3v) is 6.77. The lowest BCUT2D eigenvalue weighted by atomic mass is 10.1.